The molecule has 1 amide bonds. The Morgan fingerprint density at radius 1 is 0.897 bits per heavy atom. The maximum absolute atomic E-state index is 12.0. The average molecular weight is 407 g/mol. The number of aromatic nitrogens is 3. The highest BCUT2D eigenvalue weighted by Gasteiger charge is 2.15. The van der Waals surface area contributed by atoms with E-state index in [4.69, 9.17) is 4.98 Å². The van der Waals surface area contributed by atoms with E-state index in [1.165, 1.54) is 22.9 Å². The molecule has 2 aromatic carbocycles. The van der Waals surface area contributed by atoms with Crippen LogP contribution in [0.3, 0.4) is 0 Å². The minimum Gasteiger partial charge on any atom is -0.355 e. The predicted molar refractivity (Wildman–Crippen MR) is 119 cm³/mol. The highest BCUT2D eigenvalue weighted by atomic mass is 32.2. The summed E-state index contributed by atoms with van der Waals surface area (Å²) >= 11 is 1.31. The van der Waals surface area contributed by atoms with Crippen molar-refractivity contribution in [1.82, 2.24) is 20.5 Å². The first-order valence-electron chi connectivity index (χ1n) is 9.85. The van der Waals surface area contributed by atoms with Gasteiger partial charge in [0.2, 0.25) is 11.1 Å². The van der Waals surface area contributed by atoms with Crippen LogP contribution in [0.25, 0.3) is 22.5 Å². The van der Waals surface area contributed by atoms with Crippen LogP contribution in [0, 0.1) is 13.8 Å². The Morgan fingerprint density at radius 2 is 1.48 bits per heavy atom. The van der Waals surface area contributed by atoms with Crippen molar-refractivity contribution in [3.8, 4) is 22.5 Å². The van der Waals surface area contributed by atoms with Gasteiger partial charge >= 0.3 is 0 Å². The first kappa shape index (κ1) is 21.0. The van der Waals surface area contributed by atoms with Crippen LogP contribution in [-0.2, 0) is 4.79 Å². The minimum atomic E-state index is -0.00783. The molecule has 0 aliphatic rings. The van der Waals surface area contributed by atoms with Crippen LogP contribution in [0.15, 0.2) is 53.7 Å². The molecule has 3 aromatic rings. The Hall–Kier alpha value is -2.73. The number of rotatable bonds is 8. The fourth-order valence-corrected chi connectivity index (χ4v) is 3.39. The van der Waals surface area contributed by atoms with E-state index in [0.29, 0.717) is 11.7 Å². The van der Waals surface area contributed by atoms with E-state index in [1.54, 1.807) is 0 Å². The van der Waals surface area contributed by atoms with Gasteiger partial charge in [-0.2, -0.15) is 0 Å². The second-order valence-corrected chi connectivity index (χ2v) is 7.96. The quantitative estimate of drug-likeness (QED) is 0.429. The van der Waals surface area contributed by atoms with E-state index in [2.05, 4.69) is 60.6 Å². The number of amides is 1. The fraction of sp³-hybridized carbons (Fsp3) is 0.304. The number of nitrogens with one attached hydrogen (secondary N) is 1. The number of hydrogen-bond donors (Lipinski definition) is 1. The summed E-state index contributed by atoms with van der Waals surface area (Å²) in [4.78, 5) is 16.7. The molecule has 0 unspecified atom stereocenters. The van der Waals surface area contributed by atoms with Crippen LogP contribution >= 0.6 is 11.8 Å². The minimum absolute atomic E-state index is 0.00783. The van der Waals surface area contributed by atoms with Crippen molar-refractivity contribution in [1.29, 1.82) is 0 Å². The Labute approximate surface area is 176 Å². The van der Waals surface area contributed by atoms with Gasteiger partial charge in [0, 0.05) is 17.7 Å². The molecular formula is C23H26N4OS. The predicted octanol–water partition coefficient (Wildman–Crippen LogP) is 4.83. The van der Waals surface area contributed by atoms with Gasteiger partial charge in [-0.25, -0.2) is 4.98 Å². The largest absolute Gasteiger partial charge is 0.355 e. The Balaban J connectivity index is 1.87. The third kappa shape index (κ3) is 5.87. The molecule has 1 N–H and O–H groups in total. The van der Waals surface area contributed by atoms with Crippen molar-refractivity contribution in [2.24, 2.45) is 0 Å². The Morgan fingerprint density at radius 3 is 2.07 bits per heavy atom. The number of benzene rings is 2. The average Bonchev–Trinajstić information content (AvgIpc) is 2.73. The van der Waals surface area contributed by atoms with Gasteiger partial charge in [0.1, 0.15) is 11.4 Å². The molecule has 29 heavy (non-hydrogen) atoms. The van der Waals surface area contributed by atoms with Gasteiger partial charge in [0.25, 0.3) is 0 Å². The number of thioether (sulfide) groups is 1. The zero-order valence-electron chi connectivity index (χ0n) is 17.1. The molecule has 150 valence electrons. The third-order valence-corrected chi connectivity index (χ3v) is 5.34. The van der Waals surface area contributed by atoms with Crippen LogP contribution in [0.1, 0.15) is 30.9 Å². The monoisotopic (exact) mass is 406 g/mol. The molecule has 1 heterocycles. The van der Waals surface area contributed by atoms with Crippen LogP contribution in [0.2, 0.25) is 0 Å². The normalized spacial score (nSPS) is 10.7. The maximum Gasteiger partial charge on any atom is 0.230 e. The highest BCUT2D eigenvalue weighted by molar-refractivity contribution is 7.99. The second-order valence-electron chi connectivity index (χ2n) is 7.02. The van der Waals surface area contributed by atoms with Gasteiger partial charge in [-0.3, -0.25) is 4.79 Å². The molecule has 0 saturated heterocycles. The smallest absolute Gasteiger partial charge is 0.230 e. The molecule has 0 aliphatic carbocycles. The van der Waals surface area contributed by atoms with Crippen molar-refractivity contribution in [2.45, 2.75) is 38.8 Å². The Kier molecular flexibility index (Phi) is 7.36. The number of unbranched alkanes of at least 4 members (excludes halogenated alkanes) is 1. The molecule has 0 fully saturated rings. The van der Waals surface area contributed by atoms with E-state index in [-0.39, 0.29) is 11.7 Å². The lowest BCUT2D eigenvalue weighted by Crippen LogP contribution is -2.26. The fourth-order valence-electron chi connectivity index (χ4n) is 2.78. The zero-order valence-corrected chi connectivity index (χ0v) is 17.9. The van der Waals surface area contributed by atoms with Crippen molar-refractivity contribution in [2.75, 3.05) is 12.3 Å². The van der Waals surface area contributed by atoms with Gasteiger partial charge in [-0.15, -0.1) is 10.2 Å². The third-order valence-electron chi connectivity index (χ3n) is 4.50. The van der Waals surface area contributed by atoms with Gasteiger partial charge in [-0.1, -0.05) is 84.8 Å². The van der Waals surface area contributed by atoms with Crippen LogP contribution < -0.4 is 5.32 Å². The summed E-state index contributed by atoms with van der Waals surface area (Å²) in [6.45, 7) is 6.92. The van der Waals surface area contributed by atoms with Gasteiger partial charge < -0.3 is 5.32 Å². The molecular weight excluding hydrogens is 380 g/mol. The molecule has 5 nitrogen and oxygen atoms in total. The standard InChI is InChI=1S/C23H26N4OS/c1-4-5-14-24-20(28)15-29-23-25-21(18-10-6-16(2)7-11-18)22(26-27-23)19-12-8-17(3)9-13-19/h6-13H,4-5,14-15H2,1-3H3,(H,24,28). The molecule has 0 aliphatic heterocycles. The van der Waals surface area contributed by atoms with E-state index >= 15 is 0 Å². The summed E-state index contributed by atoms with van der Waals surface area (Å²) < 4.78 is 0. The summed E-state index contributed by atoms with van der Waals surface area (Å²) in [5.74, 6) is 0.273. The number of aryl methyl sites for hydroxylation is 2. The summed E-state index contributed by atoms with van der Waals surface area (Å²) in [5.41, 5.74) is 5.84. The second kappa shape index (κ2) is 10.2. The lowest BCUT2D eigenvalue weighted by molar-refractivity contribution is -0.118. The van der Waals surface area contributed by atoms with Crippen molar-refractivity contribution in [3.63, 3.8) is 0 Å². The highest BCUT2D eigenvalue weighted by Crippen LogP contribution is 2.30. The van der Waals surface area contributed by atoms with Gasteiger partial charge in [-0.05, 0) is 20.3 Å². The summed E-state index contributed by atoms with van der Waals surface area (Å²) in [6.07, 6.45) is 2.04. The molecule has 1 aromatic heterocycles. The lowest BCUT2D eigenvalue weighted by atomic mass is 10.0. The van der Waals surface area contributed by atoms with E-state index < -0.39 is 0 Å². The first-order valence-corrected chi connectivity index (χ1v) is 10.8. The summed E-state index contributed by atoms with van der Waals surface area (Å²) in [7, 11) is 0. The van der Waals surface area contributed by atoms with Gasteiger partial charge in [0.05, 0.1) is 5.75 Å². The van der Waals surface area contributed by atoms with E-state index in [9.17, 15) is 4.79 Å². The number of nitrogens with zero attached hydrogens (tertiary/aromatic N) is 3. The van der Waals surface area contributed by atoms with Crippen LogP contribution in [0.5, 0.6) is 0 Å². The SMILES string of the molecule is CCCCNC(=O)CSc1nnc(-c2ccc(C)cc2)c(-c2ccc(C)cc2)n1. The van der Waals surface area contributed by atoms with Crippen molar-refractivity contribution >= 4 is 17.7 Å². The number of carbonyl (C=O) groups excluding carboxylic acids is 1. The molecule has 0 radical (unpaired) electrons. The Bertz CT molecular complexity index is 956. The number of carbonyl (C=O) groups is 1. The molecule has 6 heteroatoms. The molecule has 3 rings (SSSR count). The first-order chi connectivity index (χ1) is 14.1. The molecule has 0 saturated carbocycles. The lowest BCUT2D eigenvalue weighted by Gasteiger charge is -2.10. The van der Waals surface area contributed by atoms with Crippen LogP contribution in [-0.4, -0.2) is 33.4 Å². The summed E-state index contributed by atoms with van der Waals surface area (Å²) in [5, 5.41) is 12.2. The maximum atomic E-state index is 12.0. The number of hydrogen-bond acceptors (Lipinski definition) is 5. The van der Waals surface area contributed by atoms with Crippen LogP contribution in [0.4, 0.5) is 0 Å². The van der Waals surface area contributed by atoms with Crippen molar-refractivity contribution in [3.05, 3.63) is 59.7 Å². The van der Waals surface area contributed by atoms with E-state index in [1.807, 2.05) is 24.3 Å². The van der Waals surface area contributed by atoms with Gasteiger partial charge in [0.15, 0.2) is 0 Å². The van der Waals surface area contributed by atoms with Crippen molar-refractivity contribution < 1.29 is 4.79 Å². The summed E-state index contributed by atoms with van der Waals surface area (Å²) in [6, 6.07) is 16.4. The molecule has 0 bridgehead atoms. The zero-order chi connectivity index (χ0) is 20.6. The molecule has 0 spiro atoms. The topological polar surface area (TPSA) is 67.8 Å². The van der Waals surface area contributed by atoms with E-state index in [0.717, 1.165) is 35.4 Å². The molecule has 0 atom stereocenters.